The van der Waals surface area contributed by atoms with Crippen molar-refractivity contribution in [2.75, 3.05) is 0 Å². The van der Waals surface area contributed by atoms with E-state index in [0.29, 0.717) is 22.7 Å². The van der Waals surface area contributed by atoms with Gasteiger partial charge in [-0.2, -0.15) is 0 Å². The quantitative estimate of drug-likeness (QED) is 0.743. The zero-order chi connectivity index (χ0) is 12.4. The summed E-state index contributed by atoms with van der Waals surface area (Å²) in [6.07, 6.45) is 2.79. The van der Waals surface area contributed by atoms with Crippen LogP contribution in [0.1, 0.15) is 0 Å². The smallest absolute Gasteiger partial charge is 0.267 e. The lowest BCUT2D eigenvalue weighted by Crippen LogP contribution is -2.06. The highest BCUT2D eigenvalue weighted by Crippen LogP contribution is 2.25. The molecule has 2 heterocycles. The largest absolute Gasteiger partial charge is 0.455 e. The van der Waals surface area contributed by atoms with E-state index in [0.717, 1.165) is 0 Å². The van der Waals surface area contributed by atoms with Gasteiger partial charge in [0, 0.05) is 12.3 Å². The number of H-pyrrole nitrogens is 1. The molecule has 18 heavy (non-hydrogen) atoms. The van der Waals surface area contributed by atoms with Crippen molar-refractivity contribution >= 4 is 11.2 Å². The summed E-state index contributed by atoms with van der Waals surface area (Å²) in [5, 5.41) is 0. The Morgan fingerprint density at radius 3 is 2.72 bits per heavy atom. The fourth-order valence-corrected chi connectivity index (χ4v) is 1.62. The van der Waals surface area contributed by atoms with E-state index in [4.69, 9.17) is 4.74 Å². The van der Waals surface area contributed by atoms with Crippen LogP contribution in [0.5, 0.6) is 11.5 Å². The number of fused-ring (bicyclic) bond motifs is 1. The van der Waals surface area contributed by atoms with Gasteiger partial charge in [0.2, 0.25) is 0 Å². The van der Waals surface area contributed by atoms with Gasteiger partial charge in [-0.05, 0) is 12.1 Å². The second-order valence-corrected chi connectivity index (χ2v) is 3.67. The molecule has 0 spiro atoms. The van der Waals surface area contributed by atoms with Crippen LogP contribution in [0.2, 0.25) is 0 Å². The fraction of sp³-hybridized carbons (Fsp3) is 0. The summed E-state index contributed by atoms with van der Waals surface area (Å²) in [5.41, 5.74) is 0.658. The second kappa shape index (κ2) is 4.29. The van der Waals surface area contributed by atoms with Crippen LogP contribution in [0, 0.1) is 0 Å². The molecule has 5 nitrogen and oxygen atoms in total. The van der Waals surface area contributed by atoms with Gasteiger partial charge in [-0.15, -0.1) is 0 Å². The van der Waals surface area contributed by atoms with Crippen LogP contribution in [-0.2, 0) is 0 Å². The molecule has 0 amide bonds. The zero-order valence-electron chi connectivity index (χ0n) is 9.33. The lowest BCUT2D eigenvalue weighted by Gasteiger charge is -2.07. The van der Waals surface area contributed by atoms with Crippen molar-refractivity contribution in [2.45, 2.75) is 0 Å². The number of nitrogens with one attached hydrogen (secondary N) is 1. The number of rotatable bonds is 2. The summed E-state index contributed by atoms with van der Waals surface area (Å²) in [4.78, 5) is 22.0. The standard InChI is InChI=1S/C13H9N3O2/c17-11-8-15-13-12(16-11)10(6-7-14-13)18-9-4-2-1-3-5-9/h1-8H,(H,16,17). The van der Waals surface area contributed by atoms with Crippen molar-refractivity contribution in [3.8, 4) is 11.5 Å². The highest BCUT2D eigenvalue weighted by molar-refractivity contribution is 5.76. The summed E-state index contributed by atoms with van der Waals surface area (Å²) in [7, 11) is 0. The van der Waals surface area contributed by atoms with E-state index in [1.54, 1.807) is 12.3 Å². The third kappa shape index (κ3) is 1.93. The topological polar surface area (TPSA) is 67.9 Å². The van der Waals surface area contributed by atoms with E-state index in [1.807, 2.05) is 30.3 Å². The first-order chi connectivity index (χ1) is 8.83. The molecule has 0 saturated heterocycles. The SMILES string of the molecule is O=c1cnc2nccc(Oc3ccccc3)c2[nH]1. The predicted octanol–water partition coefficient (Wildman–Crippen LogP) is 2.11. The van der Waals surface area contributed by atoms with Crippen molar-refractivity contribution in [3.05, 3.63) is 59.1 Å². The predicted molar refractivity (Wildman–Crippen MR) is 66.7 cm³/mol. The van der Waals surface area contributed by atoms with Crippen molar-refractivity contribution in [1.29, 1.82) is 0 Å². The Hall–Kier alpha value is -2.69. The summed E-state index contributed by atoms with van der Waals surface area (Å²) >= 11 is 0. The monoisotopic (exact) mass is 239 g/mol. The van der Waals surface area contributed by atoms with Gasteiger partial charge in [0.15, 0.2) is 11.4 Å². The van der Waals surface area contributed by atoms with Crippen LogP contribution in [-0.4, -0.2) is 15.0 Å². The van der Waals surface area contributed by atoms with Crippen LogP contribution in [0.25, 0.3) is 11.2 Å². The van der Waals surface area contributed by atoms with Crippen LogP contribution in [0.15, 0.2) is 53.6 Å². The van der Waals surface area contributed by atoms with Gasteiger partial charge in [-0.1, -0.05) is 18.2 Å². The Bertz CT molecular complexity index is 738. The van der Waals surface area contributed by atoms with Crippen LogP contribution in [0.3, 0.4) is 0 Å². The summed E-state index contributed by atoms with van der Waals surface area (Å²) in [5.74, 6) is 1.21. The Morgan fingerprint density at radius 2 is 1.89 bits per heavy atom. The fourth-order valence-electron chi connectivity index (χ4n) is 1.62. The lowest BCUT2D eigenvalue weighted by molar-refractivity contribution is 0.486. The Kier molecular flexibility index (Phi) is 2.49. The summed E-state index contributed by atoms with van der Waals surface area (Å²) in [6, 6.07) is 11.0. The second-order valence-electron chi connectivity index (χ2n) is 3.67. The number of aromatic nitrogens is 3. The number of nitrogens with zero attached hydrogens (tertiary/aromatic N) is 2. The summed E-state index contributed by atoms with van der Waals surface area (Å²) < 4.78 is 5.70. The first-order valence-electron chi connectivity index (χ1n) is 5.40. The van der Waals surface area contributed by atoms with Crippen molar-refractivity contribution < 1.29 is 4.74 Å². The summed E-state index contributed by atoms with van der Waals surface area (Å²) in [6.45, 7) is 0. The van der Waals surface area contributed by atoms with Crippen LogP contribution < -0.4 is 10.3 Å². The van der Waals surface area contributed by atoms with Gasteiger partial charge >= 0.3 is 0 Å². The third-order valence-corrected chi connectivity index (χ3v) is 2.42. The minimum atomic E-state index is -0.284. The number of hydrogen-bond acceptors (Lipinski definition) is 4. The molecule has 0 radical (unpaired) electrons. The maximum atomic E-state index is 11.3. The highest BCUT2D eigenvalue weighted by Gasteiger charge is 2.05. The molecule has 1 aromatic carbocycles. The molecular formula is C13H9N3O2. The van der Waals surface area contributed by atoms with Crippen molar-refractivity contribution in [3.63, 3.8) is 0 Å². The van der Waals surface area contributed by atoms with E-state index in [9.17, 15) is 4.79 Å². The highest BCUT2D eigenvalue weighted by atomic mass is 16.5. The number of pyridine rings is 1. The van der Waals surface area contributed by atoms with Gasteiger partial charge < -0.3 is 9.72 Å². The number of hydrogen-bond donors (Lipinski definition) is 1. The first-order valence-corrected chi connectivity index (χ1v) is 5.40. The van der Waals surface area contributed by atoms with E-state index in [2.05, 4.69) is 15.0 Å². The zero-order valence-corrected chi connectivity index (χ0v) is 9.33. The minimum Gasteiger partial charge on any atom is -0.455 e. The number of aromatic amines is 1. The van der Waals surface area contributed by atoms with Crippen LogP contribution in [0.4, 0.5) is 0 Å². The number of benzene rings is 1. The Labute approximate surface area is 102 Å². The van der Waals surface area contributed by atoms with Gasteiger partial charge in [0.05, 0.1) is 6.20 Å². The molecule has 2 aromatic heterocycles. The van der Waals surface area contributed by atoms with Gasteiger partial charge in [0.1, 0.15) is 11.3 Å². The molecule has 0 unspecified atom stereocenters. The first kappa shape index (κ1) is 10.5. The van der Waals surface area contributed by atoms with Gasteiger partial charge in [-0.25, -0.2) is 9.97 Å². The molecule has 0 aliphatic heterocycles. The minimum absolute atomic E-state index is 0.284. The number of para-hydroxylation sites is 1. The molecule has 1 N–H and O–H groups in total. The van der Waals surface area contributed by atoms with Crippen molar-refractivity contribution in [1.82, 2.24) is 15.0 Å². The van der Waals surface area contributed by atoms with E-state index < -0.39 is 0 Å². The average molecular weight is 239 g/mol. The van der Waals surface area contributed by atoms with Crippen molar-refractivity contribution in [2.24, 2.45) is 0 Å². The molecule has 0 aliphatic carbocycles. The maximum absolute atomic E-state index is 11.3. The molecule has 0 bridgehead atoms. The van der Waals surface area contributed by atoms with E-state index >= 15 is 0 Å². The number of ether oxygens (including phenoxy) is 1. The lowest BCUT2D eigenvalue weighted by atomic mass is 10.3. The molecule has 0 aliphatic rings. The molecule has 0 atom stereocenters. The Balaban J connectivity index is 2.12. The third-order valence-electron chi connectivity index (χ3n) is 2.42. The molecule has 0 fully saturated rings. The molecule has 5 heteroatoms. The molecular weight excluding hydrogens is 230 g/mol. The molecule has 88 valence electrons. The average Bonchev–Trinajstić information content (AvgIpc) is 2.41. The van der Waals surface area contributed by atoms with Gasteiger partial charge in [0.25, 0.3) is 5.56 Å². The van der Waals surface area contributed by atoms with Gasteiger partial charge in [-0.3, -0.25) is 4.79 Å². The maximum Gasteiger partial charge on any atom is 0.267 e. The normalized spacial score (nSPS) is 10.4. The molecule has 0 saturated carbocycles. The van der Waals surface area contributed by atoms with E-state index in [-0.39, 0.29) is 5.56 Å². The van der Waals surface area contributed by atoms with E-state index in [1.165, 1.54) is 6.20 Å². The Morgan fingerprint density at radius 1 is 1.06 bits per heavy atom. The molecule has 3 rings (SSSR count). The van der Waals surface area contributed by atoms with Crippen LogP contribution >= 0.6 is 0 Å². The molecule has 3 aromatic rings.